The summed E-state index contributed by atoms with van der Waals surface area (Å²) in [5.74, 6) is 0.208. The molecule has 1 rings (SSSR count). The van der Waals surface area contributed by atoms with E-state index in [-0.39, 0.29) is 17.9 Å². The van der Waals surface area contributed by atoms with Crippen LogP contribution in [0, 0.1) is 0 Å². The summed E-state index contributed by atoms with van der Waals surface area (Å²) in [6, 6.07) is 0.0324. The summed E-state index contributed by atoms with van der Waals surface area (Å²) in [6.45, 7) is 2.41. The average molecular weight is 143 g/mol. The highest BCUT2D eigenvalue weighted by Crippen LogP contribution is 2.09. The van der Waals surface area contributed by atoms with Gasteiger partial charge in [0.15, 0.2) is 0 Å². The van der Waals surface area contributed by atoms with Gasteiger partial charge in [-0.15, -0.1) is 0 Å². The molecule has 0 aromatic heterocycles. The highest BCUT2D eigenvalue weighted by atomic mass is 16.5. The first-order valence-corrected chi connectivity index (χ1v) is 3.50. The number of hydrogen-bond acceptors (Lipinski definition) is 3. The molecule has 0 aromatic rings. The zero-order valence-corrected chi connectivity index (χ0v) is 6.39. The zero-order valence-electron chi connectivity index (χ0n) is 6.39. The normalized spacial score (nSPS) is 32.6. The van der Waals surface area contributed by atoms with Crippen molar-refractivity contribution in [2.75, 3.05) is 13.7 Å². The molecule has 1 fully saturated rings. The van der Waals surface area contributed by atoms with Crippen LogP contribution in [0.3, 0.4) is 0 Å². The minimum atomic E-state index is 0.0324. The van der Waals surface area contributed by atoms with Gasteiger partial charge in [0.1, 0.15) is 5.78 Å². The second-order valence-electron chi connectivity index (χ2n) is 2.66. The maximum atomic E-state index is 10.8. The van der Waals surface area contributed by atoms with Crippen LogP contribution in [0.5, 0.6) is 0 Å². The van der Waals surface area contributed by atoms with Crippen LogP contribution in [0.15, 0.2) is 0 Å². The molecule has 10 heavy (non-hydrogen) atoms. The third kappa shape index (κ3) is 1.55. The molecule has 0 spiro atoms. The van der Waals surface area contributed by atoms with E-state index < -0.39 is 0 Å². The van der Waals surface area contributed by atoms with Crippen molar-refractivity contribution in [1.82, 2.24) is 5.32 Å². The lowest BCUT2D eigenvalue weighted by molar-refractivity contribution is -0.118. The number of ether oxygens (including phenoxy) is 1. The number of hydrogen-bond donors (Lipinski definition) is 1. The smallest absolute Gasteiger partial charge is 0.146 e. The standard InChI is InChI=1S/C7H13NO2/c1-5(9)7-3-6(10-2)4-8-7/h6-8H,3-4H2,1-2H3/t6-,7-/m0/s1. The molecule has 1 saturated heterocycles. The fraction of sp³-hybridized carbons (Fsp3) is 0.857. The number of Topliss-reactive ketones (excluding diaryl/α,β-unsaturated/α-hetero) is 1. The second-order valence-corrected chi connectivity index (χ2v) is 2.66. The molecule has 0 radical (unpaired) electrons. The van der Waals surface area contributed by atoms with Gasteiger partial charge in [-0.1, -0.05) is 0 Å². The van der Waals surface area contributed by atoms with Crippen molar-refractivity contribution in [1.29, 1.82) is 0 Å². The first-order chi connectivity index (χ1) is 4.74. The van der Waals surface area contributed by atoms with Crippen LogP contribution >= 0.6 is 0 Å². The Morgan fingerprint density at radius 2 is 2.40 bits per heavy atom. The molecule has 1 heterocycles. The van der Waals surface area contributed by atoms with Crippen LogP contribution in [0.2, 0.25) is 0 Å². The van der Waals surface area contributed by atoms with Crippen LogP contribution in [-0.2, 0) is 9.53 Å². The van der Waals surface area contributed by atoms with Crippen molar-refractivity contribution in [3.63, 3.8) is 0 Å². The van der Waals surface area contributed by atoms with Crippen LogP contribution < -0.4 is 5.32 Å². The van der Waals surface area contributed by atoms with Gasteiger partial charge in [0.2, 0.25) is 0 Å². The van der Waals surface area contributed by atoms with E-state index in [0.29, 0.717) is 0 Å². The minimum absolute atomic E-state index is 0.0324. The summed E-state index contributed by atoms with van der Waals surface area (Å²) in [5, 5.41) is 3.08. The zero-order chi connectivity index (χ0) is 7.56. The lowest BCUT2D eigenvalue weighted by Gasteiger charge is -2.04. The Balaban J connectivity index is 2.35. The second kappa shape index (κ2) is 3.12. The Morgan fingerprint density at radius 1 is 1.70 bits per heavy atom. The molecule has 58 valence electrons. The van der Waals surface area contributed by atoms with Gasteiger partial charge < -0.3 is 10.1 Å². The molecule has 1 aliphatic heterocycles. The highest BCUT2D eigenvalue weighted by Gasteiger charge is 2.26. The lowest BCUT2D eigenvalue weighted by Crippen LogP contribution is -2.28. The van der Waals surface area contributed by atoms with Crippen molar-refractivity contribution in [3.8, 4) is 0 Å². The van der Waals surface area contributed by atoms with E-state index in [0.717, 1.165) is 13.0 Å². The Bertz CT molecular complexity index is 136. The van der Waals surface area contributed by atoms with E-state index in [1.165, 1.54) is 0 Å². The topological polar surface area (TPSA) is 38.3 Å². The quantitative estimate of drug-likeness (QED) is 0.589. The average Bonchev–Trinajstić information content (AvgIpc) is 2.34. The van der Waals surface area contributed by atoms with Crippen molar-refractivity contribution >= 4 is 5.78 Å². The van der Waals surface area contributed by atoms with Gasteiger partial charge in [-0.3, -0.25) is 4.79 Å². The van der Waals surface area contributed by atoms with Crippen LogP contribution in [0.1, 0.15) is 13.3 Å². The fourth-order valence-electron chi connectivity index (χ4n) is 1.19. The van der Waals surface area contributed by atoms with E-state index in [9.17, 15) is 4.79 Å². The van der Waals surface area contributed by atoms with E-state index in [1.807, 2.05) is 0 Å². The Morgan fingerprint density at radius 3 is 2.70 bits per heavy atom. The molecule has 0 aliphatic carbocycles. The number of methoxy groups -OCH3 is 1. The first kappa shape index (κ1) is 7.69. The number of rotatable bonds is 2. The van der Waals surface area contributed by atoms with Gasteiger partial charge in [-0.05, 0) is 13.3 Å². The molecule has 3 heteroatoms. The van der Waals surface area contributed by atoms with Gasteiger partial charge in [0.25, 0.3) is 0 Å². The monoisotopic (exact) mass is 143 g/mol. The van der Waals surface area contributed by atoms with Crippen molar-refractivity contribution in [2.24, 2.45) is 0 Å². The Hall–Kier alpha value is -0.410. The fourth-order valence-corrected chi connectivity index (χ4v) is 1.19. The third-order valence-electron chi connectivity index (χ3n) is 1.91. The number of ketones is 1. The van der Waals surface area contributed by atoms with Gasteiger partial charge >= 0.3 is 0 Å². The SMILES string of the molecule is CO[C@@H]1CN[C@H](C(C)=O)C1. The number of carbonyl (C=O) groups is 1. The summed E-state index contributed by atoms with van der Waals surface area (Å²) in [4.78, 5) is 10.8. The molecule has 0 aromatic carbocycles. The predicted molar refractivity (Wildman–Crippen MR) is 37.9 cm³/mol. The van der Waals surface area contributed by atoms with Crippen molar-refractivity contribution in [3.05, 3.63) is 0 Å². The van der Waals surface area contributed by atoms with E-state index in [2.05, 4.69) is 5.32 Å². The summed E-state index contributed by atoms with van der Waals surface area (Å²) in [7, 11) is 1.68. The lowest BCUT2D eigenvalue weighted by atomic mass is 10.1. The van der Waals surface area contributed by atoms with E-state index >= 15 is 0 Å². The largest absolute Gasteiger partial charge is 0.380 e. The van der Waals surface area contributed by atoms with Gasteiger partial charge in [-0.25, -0.2) is 0 Å². The molecule has 3 nitrogen and oxygen atoms in total. The molecule has 1 aliphatic rings. The molecule has 0 bridgehead atoms. The van der Waals surface area contributed by atoms with Gasteiger partial charge in [-0.2, -0.15) is 0 Å². The van der Waals surface area contributed by atoms with E-state index in [4.69, 9.17) is 4.74 Å². The van der Waals surface area contributed by atoms with Crippen LogP contribution in [0.4, 0.5) is 0 Å². The Kier molecular flexibility index (Phi) is 2.40. The summed E-state index contributed by atoms with van der Waals surface area (Å²) in [6.07, 6.45) is 1.06. The van der Waals surface area contributed by atoms with Crippen molar-refractivity contribution < 1.29 is 9.53 Å². The van der Waals surface area contributed by atoms with Crippen molar-refractivity contribution in [2.45, 2.75) is 25.5 Å². The molecule has 1 N–H and O–H groups in total. The van der Waals surface area contributed by atoms with Crippen LogP contribution in [0.25, 0.3) is 0 Å². The highest BCUT2D eigenvalue weighted by molar-refractivity contribution is 5.81. The number of nitrogens with one attached hydrogen (secondary N) is 1. The third-order valence-corrected chi connectivity index (χ3v) is 1.91. The maximum absolute atomic E-state index is 10.8. The number of carbonyl (C=O) groups excluding carboxylic acids is 1. The summed E-state index contributed by atoms with van der Waals surface area (Å²) < 4.78 is 5.08. The first-order valence-electron chi connectivity index (χ1n) is 3.50. The molecule has 0 unspecified atom stereocenters. The minimum Gasteiger partial charge on any atom is -0.380 e. The molecule has 0 amide bonds. The van der Waals surface area contributed by atoms with Gasteiger partial charge in [0.05, 0.1) is 12.1 Å². The maximum Gasteiger partial charge on any atom is 0.146 e. The molecule has 2 atom stereocenters. The summed E-state index contributed by atoms with van der Waals surface area (Å²) in [5.41, 5.74) is 0. The van der Waals surface area contributed by atoms with E-state index in [1.54, 1.807) is 14.0 Å². The molecular formula is C7H13NO2. The predicted octanol–water partition coefficient (Wildman–Crippen LogP) is -0.0477. The molecule has 0 saturated carbocycles. The van der Waals surface area contributed by atoms with Gasteiger partial charge in [0, 0.05) is 13.7 Å². The molecular weight excluding hydrogens is 130 g/mol. The Labute approximate surface area is 60.7 Å². The summed E-state index contributed by atoms with van der Waals surface area (Å²) >= 11 is 0. The van der Waals surface area contributed by atoms with Crippen LogP contribution in [-0.4, -0.2) is 31.6 Å².